The molecule has 0 fully saturated rings. The van der Waals surface area contributed by atoms with Crippen molar-refractivity contribution >= 4 is 23.1 Å². The molecule has 0 radical (unpaired) electrons. The van der Waals surface area contributed by atoms with Gasteiger partial charge in [-0.15, -0.1) is 10.2 Å². The van der Waals surface area contributed by atoms with E-state index in [0.29, 0.717) is 0 Å². The highest BCUT2D eigenvalue weighted by molar-refractivity contribution is 7.99. The molecule has 2 aromatic rings. The van der Waals surface area contributed by atoms with Crippen LogP contribution in [0.3, 0.4) is 0 Å². The number of nitrogens with two attached hydrogens (primary N) is 1. The molecule has 92 valence electrons. The van der Waals surface area contributed by atoms with E-state index in [1.54, 1.807) is 11.8 Å². The van der Waals surface area contributed by atoms with Crippen LogP contribution in [0, 0.1) is 0 Å². The van der Waals surface area contributed by atoms with E-state index < -0.39 is 0 Å². The van der Waals surface area contributed by atoms with E-state index in [2.05, 4.69) is 29.2 Å². The quantitative estimate of drug-likeness (QED) is 0.642. The number of hydrogen-bond acceptors (Lipinski definition) is 5. The van der Waals surface area contributed by atoms with Gasteiger partial charge in [-0.3, -0.25) is 4.40 Å². The molecule has 0 aliphatic heterocycles. The molecule has 2 aromatic heterocycles. The third-order valence-electron chi connectivity index (χ3n) is 2.37. The van der Waals surface area contributed by atoms with Gasteiger partial charge in [0.1, 0.15) is 0 Å². The molecule has 17 heavy (non-hydrogen) atoms. The van der Waals surface area contributed by atoms with Crippen molar-refractivity contribution in [3.63, 3.8) is 0 Å². The maximum Gasteiger partial charge on any atom is 0.195 e. The van der Waals surface area contributed by atoms with Crippen LogP contribution < -0.4 is 5.73 Å². The van der Waals surface area contributed by atoms with Crippen molar-refractivity contribution in [1.82, 2.24) is 19.5 Å². The molecule has 0 amide bonds. The zero-order chi connectivity index (χ0) is 12.3. The van der Waals surface area contributed by atoms with Crippen LogP contribution in [-0.4, -0.2) is 45.9 Å². The molecule has 0 aliphatic carbocycles. The van der Waals surface area contributed by atoms with Crippen LogP contribution in [0.1, 0.15) is 6.42 Å². The molecular formula is C11H17N5S. The van der Waals surface area contributed by atoms with Crippen LogP contribution in [0.15, 0.2) is 23.5 Å². The molecule has 2 rings (SSSR count). The van der Waals surface area contributed by atoms with Crippen molar-refractivity contribution < 1.29 is 0 Å². The van der Waals surface area contributed by atoms with E-state index in [1.165, 1.54) is 0 Å². The van der Waals surface area contributed by atoms with Gasteiger partial charge in [-0.25, -0.2) is 0 Å². The minimum Gasteiger partial charge on any atom is -0.398 e. The number of rotatable bonds is 5. The molecule has 0 unspecified atom stereocenters. The molecule has 0 spiro atoms. The van der Waals surface area contributed by atoms with Crippen molar-refractivity contribution in [2.75, 3.05) is 32.1 Å². The number of fused-ring (bicyclic) bond motifs is 1. The fourth-order valence-electron chi connectivity index (χ4n) is 1.53. The number of nitrogen functional groups attached to an aromatic ring is 1. The fraction of sp³-hybridized carbons (Fsp3) is 0.455. The molecule has 0 aliphatic rings. The molecule has 6 heteroatoms. The van der Waals surface area contributed by atoms with Gasteiger partial charge in [0.05, 0.1) is 0 Å². The van der Waals surface area contributed by atoms with Gasteiger partial charge in [-0.05, 0) is 39.2 Å². The molecule has 5 nitrogen and oxygen atoms in total. The molecule has 2 N–H and O–H groups in total. The maximum absolute atomic E-state index is 5.75. The standard InChI is InChI=1S/C11H17N5S/c1-15(2)6-3-7-17-11-14-13-10-5-4-9(12)8-16(10)11/h4-5,8H,3,6-7,12H2,1-2H3. The lowest BCUT2D eigenvalue weighted by Gasteiger charge is -2.07. The lowest BCUT2D eigenvalue weighted by molar-refractivity contribution is 0.410. The second kappa shape index (κ2) is 5.37. The van der Waals surface area contributed by atoms with Gasteiger partial charge in [0.2, 0.25) is 0 Å². The third kappa shape index (κ3) is 3.10. The molecule has 2 heterocycles. The van der Waals surface area contributed by atoms with Gasteiger partial charge in [0.15, 0.2) is 10.8 Å². The third-order valence-corrected chi connectivity index (χ3v) is 3.40. The average molecular weight is 251 g/mol. The summed E-state index contributed by atoms with van der Waals surface area (Å²) < 4.78 is 1.94. The molecular weight excluding hydrogens is 234 g/mol. The number of thioether (sulfide) groups is 1. The minimum absolute atomic E-state index is 0.729. The highest BCUT2D eigenvalue weighted by Gasteiger charge is 2.05. The smallest absolute Gasteiger partial charge is 0.195 e. The second-order valence-electron chi connectivity index (χ2n) is 4.18. The fourth-order valence-corrected chi connectivity index (χ4v) is 2.37. The molecule has 0 atom stereocenters. The van der Waals surface area contributed by atoms with Crippen LogP contribution in [0.25, 0.3) is 5.65 Å². The normalized spacial score (nSPS) is 11.5. The van der Waals surface area contributed by atoms with Crippen molar-refractivity contribution in [3.05, 3.63) is 18.3 Å². The highest BCUT2D eigenvalue weighted by atomic mass is 32.2. The van der Waals surface area contributed by atoms with Crippen LogP contribution in [-0.2, 0) is 0 Å². The average Bonchev–Trinajstić information content (AvgIpc) is 2.67. The number of aromatic nitrogens is 3. The number of pyridine rings is 1. The molecule has 0 saturated carbocycles. The Labute approximate surface area is 105 Å². The first-order valence-corrected chi connectivity index (χ1v) is 6.53. The van der Waals surface area contributed by atoms with E-state index in [0.717, 1.165) is 35.2 Å². The van der Waals surface area contributed by atoms with Gasteiger partial charge in [-0.2, -0.15) is 0 Å². The number of nitrogens with zero attached hydrogens (tertiary/aromatic N) is 4. The summed E-state index contributed by atoms with van der Waals surface area (Å²) in [4.78, 5) is 2.18. The van der Waals surface area contributed by atoms with Crippen molar-refractivity contribution in [2.45, 2.75) is 11.6 Å². The Morgan fingerprint density at radius 1 is 1.35 bits per heavy atom. The SMILES string of the molecule is CN(C)CCCSc1nnc2ccc(N)cn12. The van der Waals surface area contributed by atoms with Crippen LogP contribution in [0.2, 0.25) is 0 Å². The zero-order valence-corrected chi connectivity index (χ0v) is 10.9. The summed E-state index contributed by atoms with van der Waals surface area (Å²) in [6.45, 7) is 1.09. The molecule has 0 bridgehead atoms. The van der Waals surface area contributed by atoms with Gasteiger partial charge >= 0.3 is 0 Å². The van der Waals surface area contributed by atoms with Gasteiger partial charge < -0.3 is 10.6 Å². The van der Waals surface area contributed by atoms with E-state index >= 15 is 0 Å². The predicted molar refractivity (Wildman–Crippen MR) is 71.3 cm³/mol. The lowest BCUT2D eigenvalue weighted by Crippen LogP contribution is -2.13. The minimum atomic E-state index is 0.729. The molecule has 0 aromatic carbocycles. The summed E-state index contributed by atoms with van der Waals surface area (Å²) in [5.74, 6) is 1.04. The van der Waals surface area contributed by atoms with Crippen LogP contribution in [0.5, 0.6) is 0 Å². The Balaban J connectivity index is 2.01. The van der Waals surface area contributed by atoms with E-state index in [4.69, 9.17) is 5.73 Å². The second-order valence-corrected chi connectivity index (χ2v) is 5.24. The largest absolute Gasteiger partial charge is 0.398 e. The molecule has 0 saturated heterocycles. The summed E-state index contributed by atoms with van der Waals surface area (Å²) in [5.41, 5.74) is 7.33. The lowest BCUT2D eigenvalue weighted by atomic mass is 10.4. The Kier molecular flexibility index (Phi) is 3.86. The predicted octanol–water partition coefficient (Wildman–Crippen LogP) is 1.36. The first-order chi connectivity index (χ1) is 8.16. The summed E-state index contributed by atoms with van der Waals surface area (Å²) in [5, 5.41) is 9.17. The van der Waals surface area contributed by atoms with Crippen LogP contribution in [0.4, 0.5) is 5.69 Å². The highest BCUT2D eigenvalue weighted by Crippen LogP contribution is 2.18. The first kappa shape index (κ1) is 12.2. The monoisotopic (exact) mass is 251 g/mol. The Morgan fingerprint density at radius 2 is 2.18 bits per heavy atom. The van der Waals surface area contributed by atoms with Crippen LogP contribution >= 0.6 is 11.8 Å². The summed E-state index contributed by atoms with van der Waals surface area (Å²) in [6.07, 6.45) is 3.00. The van der Waals surface area contributed by atoms with Crippen molar-refractivity contribution in [3.8, 4) is 0 Å². The van der Waals surface area contributed by atoms with E-state index in [9.17, 15) is 0 Å². The van der Waals surface area contributed by atoms with Gasteiger partial charge in [-0.1, -0.05) is 11.8 Å². The van der Waals surface area contributed by atoms with Gasteiger partial charge in [0, 0.05) is 17.6 Å². The van der Waals surface area contributed by atoms with E-state index in [-0.39, 0.29) is 0 Å². The number of hydrogen-bond donors (Lipinski definition) is 1. The van der Waals surface area contributed by atoms with Crippen molar-refractivity contribution in [1.29, 1.82) is 0 Å². The van der Waals surface area contributed by atoms with Crippen molar-refractivity contribution in [2.24, 2.45) is 0 Å². The first-order valence-electron chi connectivity index (χ1n) is 5.54. The summed E-state index contributed by atoms with van der Waals surface area (Å²) in [7, 11) is 4.16. The summed E-state index contributed by atoms with van der Waals surface area (Å²) >= 11 is 1.71. The topological polar surface area (TPSA) is 59.5 Å². The number of anilines is 1. The summed E-state index contributed by atoms with van der Waals surface area (Å²) in [6, 6.07) is 3.72. The Morgan fingerprint density at radius 3 is 2.94 bits per heavy atom. The van der Waals surface area contributed by atoms with Gasteiger partial charge in [0.25, 0.3) is 0 Å². The Bertz CT molecular complexity index is 494. The maximum atomic E-state index is 5.75. The Hall–Kier alpha value is -1.27. The van der Waals surface area contributed by atoms with E-state index in [1.807, 2.05) is 22.7 Å². The zero-order valence-electron chi connectivity index (χ0n) is 10.1.